The van der Waals surface area contributed by atoms with Crippen LogP contribution in [0, 0.1) is 13.8 Å². The summed E-state index contributed by atoms with van der Waals surface area (Å²) in [6.45, 7) is 3.90. The van der Waals surface area contributed by atoms with Crippen LogP contribution < -0.4 is 0 Å². The number of carbonyl (C=O) groups excluding carboxylic acids is 1. The van der Waals surface area contributed by atoms with Gasteiger partial charge in [-0.05, 0) is 61.4 Å². The van der Waals surface area contributed by atoms with Gasteiger partial charge in [0.15, 0.2) is 5.78 Å². The number of benzene rings is 2. The molecule has 3 heteroatoms. The first kappa shape index (κ1) is 13.5. The minimum atomic E-state index is 0.0741. The van der Waals surface area contributed by atoms with E-state index in [-0.39, 0.29) is 5.78 Å². The van der Waals surface area contributed by atoms with Gasteiger partial charge < -0.3 is 0 Å². The molecule has 92 valence electrons. The normalized spacial score (nSPS) is 10.4. The van der Waals surface area contributed by atoms with Gasteiger partial charge in [-0.1, -0.05) is 31.9 Å². The number of hydrogen-bond donors (Lipinski definition) is 0. The lowest BCUT2D eigenvalue weighted by Gasteiger charge is -2.08. The van der Waals surface area contributed by atoms with Crippen LogP contribution in [0.2, 0.25) is 0 Å². The molecule has 2 rings (SSSR count). The highest BCUT2D eigenvalue weighted by molar-refractivity contribution is 9.10. The molecule has 0 fully saturated rings. The maximum Gasteiger partial charge on any atom is 0.193 e. The van der Waals surface area contributed by atoms with Gasteiger partial charge in [-0.2, -0.15) is 0 Å². The highest BCUT2D eigenvalue weighted by atomic mass is 79.9. The topological polar surface area (TPSA) is 17.1 Å². The van der Waals surface area contributed by atoms with E-state index in [1.807, 2.05) is 50.2 Å². The molecule has 0 bridgehead atoms. The van der Waals surface area contributed by atoms with Crippen molar-refractivity contribution in [2.24, 2.45) is 0 Å². The molecule has 0 unspecified atom stereocenters. The molecule has 0 atom stereocenters. The van der Waals surface area contributed by atoms with Gasteiger partial charge in [-0.25, -0.2) is 0 Å². The maximum atomic E-state index is 12.5. The van der Waals surface area contributed by atoms with Crippen molar-refractivity contribution in [2.75, 3.05) is 0 Å². The highest BCUT2D eigenvalue weighted by Crippen LogP contribution is 2.22. The van der Waals surface area contributed by atoms with Gasteiger partial charge in [0.2, 0.25) is 0 Å². The second-order valence-corrected chi connectivity index (χ2v) is 6.08. The molecule has 0 heterocycles. The zero-order valence-corrected chi connectivity index (χ0v) is 13.3. The van der Waals surface area contributed by atoms with Crippen LogP contribution in [0.4, 0.5) is 0 Å². The molecular weight excluding hydrogens is 356 g/mol. The molecule has 2 aromatic rings. The Balaban J connectivity index is 2.48. The Kier molecular flexibility index (Phi) is 4.03. The van der Waals surface area contributed by atoms with Crippen molar-refractivity contribution in [3.8, 4) is 0 Å². The summed E-state index contributed by atoms with van der Waals surface area (Å²) in [5, 5.41) is 0. The van der Waals surface area contributed by atoms with Gasteiger partial charge >= 0.3 is 0 Å². The van der Waals surface area contributed by atoms with E-state index >= 15 is 0 Å². The third-order valence-electron chi connectivity index (χ3n) is 2.87. The summed E-state index contributed by atoms with van der Waals surface area (Å²) in [6, 6.07) is 11.4. The van der Waals surface area contributed by atoms with Crippen LogP contribution >= 0.6 is 31.9 Å². The molecule has 0 saturated carbocycles. The molecule has 0 N–H and O–H groups in total. The van der Waals surface area contributed by atoms with Crippen LogP contribution in [-0.4, -0.2) is 5.78 Å². The van der Waals surface area contributed by atoms with E-state index in [9.17, 15) is 4.79 Å². The second-order valence-electron chi connectivity index (χ2n) is 4.25. The lowest BCUT2D eigenvalue weighted by Crippen LogP contribution is -2.05. The molecule has 0 spiro atoms. The second kappa shape index (κ2) is 5.37. The van der Waals surface area contributed by atoms with Crippen LogP contribution in [0.25, 0.3) is 0 Å². The molecule has 0 aliphatic rings. The van der Waals surface area contributed by atoms with Gasteiger partial charge in [0.05, 0.1) is 0 Å². The van der Waals surface area contributed by atoms with E-state index in [1.165, 1.54) is 0 Å². The fraction of sp³-hybridized carbons (Fsp3) is 0.133. The van der Waals surface area contributed by atoms with Gasteiger partial charge in [-0.3, -0.25) is 4.79 Å². The Bertz CT molecular complexity index is 564. The molecule has 18 heavy (non-hydrogen) atoms. The maximum absolute atomic E-state index is 12.5. The molecular formula is C15H12Br2O. The zero-order chi connectivity index (χ0) is 13.3. The fourth-order valence-corrected chi connectivity index (χ4v) is 2.86. The number of aryl methyl sites for hydroxylation is 2. The van der Waals surface area contributed by atoms with Crippen molar-refractivity contribution in [1.29, 1.82) is 0 Å². The minimum absolute atomic E-state index is 0.0741. The van der Waals surface area contributed by atoms with E-state index in [4.69, 9.17) is 0 Å². The van der Waals surface area contributed by atoms with Gasteiger partial charge in [-0.15, -0.1) is 0 Å². The molecule has 1 nitrogen and oxygen atoms in total. The standard InChI is InChI=1S/C15H12Br2O/c1-9-7-11(16)3-5-13(9)15(18)14-6-4-12(17)8-10(14)2/h3-8H,1-2H3. The van der Waals surface area contributed by atoms with Crippen molar-refractivity contribution in [1.82, 2.24) is 0 Å². The number of halogens is 2. The summed E-state index contributed by atoms with van der Waals surface area (Å²) in [7, 11) is 0. The lowest BCUT2D eigenvalue weighted by molar-refractivity contribution is 0.103. The Morgan fingerprint density at radius 2 is 1.22 bits per heavy atom. The van der Waals surface area contributed by atoms with E-state index in [0.717, 1.165) is 31.2 Å². The molecule has 0 aliphatic heterocycles. The third-order valence-corrected chi connectivity index (χ3v) is 3.85. The van der Waals surface area contributed by atoms with Crippen LogP contribution in [-0.2, 0) is 0 Å². The summed E-state index contributed by atoms with van der Waals surface area (Å²) in [5.41, 5.74) is 3.47. The SMILES string of the molecule is Cc1cc(Br)ccc1C(=O)c1ccc(Br)cc1C. The lowest BCUT2D eigenvalue weighted by atomic mass is 9.96. The van der Waals surface area contributed by atoms with E-state index < -0.39 is 0 Å². The Labute approximate surface area is 123 Å². The van der Waals surface area contributed by atoms with Crippen LogP contribution in [0.1, 0.15) is 27.0 Å². The molecule has 0 aliphatic carbocycles. The zero-order valence-electron chi connectivity index (χ0n) is 10.1. The number of ketones is 1. The molecule has 0 radical (unpaired) electrons. The Hall–Kier alpha value is -0.930. The molecule has 2 aromatic carbocycles. The van der Waals surface area contributed by atoms with Gasteiger partial charge in [0.25, 0.3) is 0 Å². The quantitative estimate of drug-likeness (QED) is 0.678. The average molecular weight is 368 g/mol. The van der Waals surface area contributed by atoms with Crippen molar-refractivity contribution in [3.63, 3.8) is 0 Å². The summed E-state index contributed by atoms with van der Waals surface area (Å²) in [4.78, 5) is 12.5. The monoisotopic (exact) mass is 366 g/mol. The number of carbonyl (C=O) groups is 1. The fourth-order valence-electron chi connectivity index (χ4n) is 1.91. The molecule has 0 amide bonds. The summed E-state index contributed by atoms with van der Waals surface area (Å²) < 4.78 is 1.98. The number of rotatable bonds is 2. The molecule has 0 saturated heterocycles. The largest absolute Gasteiger partial charge is 0.289 e. The van der Waals surface area contributed by atoms with E-state index in [1.54, 1.807) is 0 Å². The highest BCUT2D eigenvalue weighted by Gasteiger charge is 2.14. The summed E-state index contributed by atoms with van der Waals surface area (Å²) >= 11 is 6.82. The first-order valence-electron chi connectivity index (χ1n) is 5.56. The first-order chi connectivity index (χ1) is 8.49. The van der Waals surface area contributed by atoms with E-state index in [0.29, 0.717) is 0 Å². The first-order valence-corrected chi connectivity index (χ1v) is 7.14. The van der Waals surface area contributed by atoms with Crippen molar-refractivity contribution >= 4 is 37.6 Å². The minimum Gasteiger partial charge on any atom is -0.289 e. The Morgan fingerprint density at radius 1 is 0.833 bits per heavy atom. The van der Waals surface area contributed by atoms with Crippen molar-refractivity contribution in [3.05, 3.63) is 67.6 Å². The van der Waals surface area contributed by atoms with Crippen molar-refractivity contribution in [2.45, 2.75) is 13.8 Å². The van der Waals surface area contributed by atoms with Gasteiger partial charge in [0.1, 0.15) is 0 Å². The average Bonchev–Trinajstić information content (AvgIpc) is 2.28. The summed E-state index contributed by atoms with van der Waals surface area (Å²) in [5.74, 6) is 0.0741. The smallest absolute Gasteiger partial charge is 0.193 e. The van der Waals surface area contributed by atoms with Gasteiger partial charge in [0, 0.05) is 20.1 Å². The van der Waals surface area contributed by atoms with Crippen LogP contribution in [0.5, 0.6) is 0 Å². The number of hydrogen-bond acceptors (Lipinski definition) is 1. The van der Waals surface area contributed by atoms with Crippen LogP contribution in [0.15, 0.2) is 45.3 Å². The van der Waals surface area contributed by atoms with Crippen LogP contribution in [0.3, 0.4) is 0 Å². The predicted molar refractivity (Wildman–Crippen MR) is 81.2 cm³/mol. The molecule has 0 aromatic heterocycles. The van der Waals surface area contributed by atoms with E-state index in [2.05, 4.69) is 31.9 Å². The summed E-state index contributed by atoms with van der Waals surface area (Å²) in [6.07, 6.45) is 0. The Morgan fingerprint density at radius 3 is 1.56 bits per heavy atom. The predicted octanol–water partition coefficient (Wildman–Crippen LogP) is 5.06. The third kappa shape index (κ3) is 2.73. The van der Waals surface area contributed by atoms with Crippen molar-refractivity contribution < 1.29 is 4.79 Å².